The van der Waals surface area contributed by atoms with Crippen LogP contribution in [0.15, 0.2) is 76.5 Å². The van der Waals surface area contributed by atoms with E-state index >= 15 is 0 Å². The van der Waals surface area contributed by atoms with E-state index in [4.69, 9.17) is 9.47 Å². The zero-order chi connectivity index (χ0) is 20.5. The normalized spacial score (nSPS) is 12.3. The van der Waals surface area contributed by atoms with Gasteiger partial charge < -0.3 is 19.8 Å². The zero-order valence-electron chi connectivity index (χ0n) is 16.4. The van der Waals surface area contributed by atoms with E-state index in [1.54, 1.807) is 11.8 Å². The van der Waals surface area contributed by atoms with Crippen LogP contribution in [0, 0.1) is 6.92 Å². The third kappa shape index (κ3) is 3.62. The summed E-state index contributed by atoms with van der Waals surface area (Å²) in [5.74, 6) is 1.30. The number of hydrogen-bond donors (Lipinski definition) is 2. The molecule has 0 saturated carbocycles. The fourth-order valence-electron chi connectivity index (χ4n) is 3.43. The third-order valence-corrected chi connectivity index (χ3v) is 6.15. The van der Waals surface area contributed by atoms with Gasteiger partial charge in [0.15, 0.2) is 11.5 Å². The molecule has 5 nitrogen and oxygen atoms in total. The number of aromatic nitrogens is 1. The number of carbonyl (C=O) groups is 1. The smallest absolute Gasteiger partial charge is 0.269 e. The second-order valence-electron chi connectivity index (χ2n) is 7.16. The van der Waals surface area contributed by atoms with E-state index in [9.17, 15) is 4.79 Å². The summed E-state index contributed by atoms with van der Waals surface area (Å²) >= 11 is 1.60. The van der Waals surface area contributed by atoms with E-state index in [2.05, 4.69) is 41.5 Å². The first-order valence-electron chi connectivity index (χ1n) is 9.69. The van der Waals surface area contributed by atoms with Crippen molar-refractivity contribution in [2.24, 2.45) is 0 Å². The van der Waals surface area contributed by atoms with Gasteiger partial charge in [-0.25, -0.2) is 0 Å². The number of para-hydroxylation sites is 1. The predicted octanol–water partition coefficient (Wildman–Crippen LogP) is 5.29. The van der Waals surface area contributed by atoms with Crippen molar-refractivity contribution in [3.8, 4) is 11.5 Å². The van der Waals surface area contributed by atoms with Gasteiger partial charge >= 0.3 is 0 Å². The molecule has 30 heavy (non-hydrogen) atoms. The van der Waals surface area contributed by atoms with Gasteiger partial charge in [-0.15, -0.1) is 0 Å². The Labute approximate surface area is 178 Å². The van der Waals surface area contributed by atoms with E-state index in [0.717, 1.165) is 32.0 Å². The van der Waals surface area contributed by atoms with Crippen molar-refractivity contribution in [1.29, 1.82) is 0 Å². The predicted molar refractivity (Wildman–Crippen MR) is 117 cm³/mol. The molecule has 0 spiro atoms. The molecule has 6 heteroatoms. The molecule has 0 bridgehead atoms. The lowest BCUT2D eigenvalue weighted by Gasteiger charge is -2.08. The van der Waals surface area contributed by atoms with Crippen LogP contribution in [0.4, 0.5) is 0 Å². The number of benzene rings is 3. The van der Waals surface area contributed by atoms with Crippen LogP contribution in [0.25, 0.3) is 10.9 Å². The number of aromatic amines is 1. The molecule has 2 heterocycles. The van der Waals surface area contributed by atoms with Gasteiger partial charge in [0, 0.05) is 22.3 Å². The molecule has 1 aromatic heterocycles. The number of fused-ring (bicyclic) bond motifs is 2. The van der Waals surface area contributed by atoms with Crippen molar-refractivity contribution < 1.29 is 14.3 Å². The van der Waals surface area contributed by atoms with Crippen molar-refractivity contribution in [1.82, 2.24) is 10.3 Å². The molecular weight excluding hydrogens is 396 g/mol. The first-order chi connectivity index (χ1) is 14.7. The van der Waals surface area contributed by atoms with Crippen LogP contribution in [0.1, 0.15) is 21.6 Å². The maximum Gasteiger partial charge on any atom is 0.269 e. The van der Waals surface area contributed by atoms with Gasteiger partial charge in [0.25, 0.3) is 5.91 Å². The first kappa shape index (κ1) is 18.6. The Balaban J connectivity index is 1.41. The fourth-order valence-corrected chi connectivity index (χ4v) is 4.47. The van der Waals surface area contributed by atoms with Gasteiger partial charge in [-0.3, -0.25) is 4.79 Å². The number of hydrogen-bond acceptors (Lipinski definition) is 4. The lowest BCUT2D eigenvalue weighted by Crippen LogP contribution is -2.23. The Bertz CT molecular complexity index is 1230. The molecule has 2 N–H and O–H groups in total. The van der Waals surface area contributed by atoms with E-state index in [1.807, 2.05) is 42.5 Å². The summed E-state index contributed by atoms with van der Waals surface area (Å²) in [7, 11) is 0. The molecule has 0 saturated heterocycles. The molecule has 0 fully saturated rings. The van der Waals surface area contributed by atoms with Gasteiger partial charge in [-0.1, -0.05) is 53.7 Å². The molecular formula is C24H20N2O3S. The highest BCUT2D eigenvalue weighted by Crippen LogP contribution is 2.37. The number of ether oxygens (including phenoxy) is 2. The summed E-state index contributed by atoms with van der Waals surface area (Å²) in [6.07, 6.45) is 0. The average Bonchev–Trinajstić information content (AvgIpc) is 3.38. The molecule has 4 aromatic rings. The highest BCUT2D eigenvalue weighted by Gasteiger charge is 2.19. The molecule has 0 aliphatic carbocycles. The fraction of sp³-hybridized carbons (Fsp3) is 0.125. The van der Waals surface area contributed by atoms with Gasteiger partial charge in [0.1, 0.15) is 5.69 Å². The summed E-state index contributed by atoms with van der Waals surface area (Å²) in [5, 5.41) is 4.06. The van der Waals surface area contributed by atoms with E-state index < -0.39 is 0 Å². The number of nitrogens with one attached hydrogen (secondary N) is 2. The van der Waals surface area contributed by atoms with Gasteiger partial charge in [-0.05, 0) is 42.8 Å². The van der Waals surface area contributed by atoms with Crippen molar-refractivity contribution in [3.05, 3.63) is 83.6 Å². The summed E-state index contributed by atoms with van der Waals surface area (Å²) < 4.78 is 10.8. The summed E-state index contributed by atoms with van der Waals surface area (Å²) in [6, 6.07) is 22.0. The van der Waals surface area contributed by atoms with Crippen molar-refractivity contribution >= 4 is 28.6 Å². The van der Waals surface area contributed by atoms with E-state index in [-0.39, 0.29) is 12.7 Å². The summed E-state index contributed by atoms with van der Waals surface area (Å²) in [5.41, 5.74) is 3.68. The lowest BCUT2D eigenvalue weighted by atomic mass is 10.2. The second kappa shape index (κ2) is 7.80. The number of carbonyl (C=O) groups excluding carboxylic acids is 1. The summed E-state index contributed by atoms with van der Waals surface area (Å²) in [4.78, 5) is 18.4. The molecule has 1 aliphatic rings. The van der Waals surface area contributed by atoms with Crippen molar-refractivity contribution in [2.45, 2.75) is 23.3 Å². The van der Waals surface area contributed by atoms with Crippen LogP contribution in [0.3, 0.4) is 0 Å². The zero-order valence-corrected chi connectivity index (χ0v) is 17.2. The van der Waals surface area contributed by atoms with Crippen LogP contribution in [-0.2, 0) is 6.54 Å². The average molecular weight is 417 g/mol. The number of H-pyrrole nitrogens is 1. The van der Waals surface area contributed by atoms with Gasteiger partial charge in [0.05, 0.1) is 4.90 Å². The van der Waals surface area contributed by atoms with Crippen LogP contribution >= 0.6 is 11.8 Å². The first-order valence-corrected chi connectivity index (χ1v) is 10.5. The quantitative estimate of drug-likeness (QED) is 0.464. The van der Waals surface area contributed by atoms with Crippen molar-refractivity contribution in [3.63, 3.8) is 0 Å². The molecule has 0 unspecified atom stereocenters. The Hall–Kier alpha value is -3.38. The Kier molecular flexibility index (Phi) is 4.85. The minimum atomic E-state index is -0.140. The van der Waals surface area contributed by atoms with Crippen LogP contribution in [-0.4, -0.2) is 17.7 Å². The van der Waals surface area contributed by atoms with Crippen LogP contribution < -0.4 is 14.8 Å². The molecule has 3 aromatic carbocycles. The minimum Gasteiger partial charge on any atom is -0.454 e. The number of amides is 1. The minimum absolute atomic E-state index is 0.140. The number of rotatable bonds is 5. The molecule has 150 valence electrons. The summed E-state index contributed by atoms with van der Waals surface area (Å²) in [6.45, 7) is 2.70. The highest BCUT2D eigenvalue weighted by atomic mass is 32.2. The highest BCUT2D eigenvalue weighted by molar-refractivity contribution is 7.99. The van der Waals surface area contributed by atoms with Crippen LogP contribution in [0.5, 0.6) is 11.5 Å². The largest absolute Gasteiger partial charge is 0.454 e. The second-order valence-corrected chi connectivity index (χ2v) is 8.24. The van der Waals surface area contributed by atoms with Gasteiger partial charge in [0.2, 0.25) is 6.79 Å². The Morgan fingerprint density at radius 3 is 2.70 bits per heavy atom. The lowest BCUT2D eigenvalue weighted by molar-refractivity contribution is 0.0943. The maximum atomic E-state index is 13.1. The van der Waals surface area contributed by atoms with E-state index in [1.165, 1.54) is 5.56 Å². The Morgan fingerprint density at radius 2 is 1.83 bits per heavy atom. The molecule has 1 amide bonds. The van der Waals surface area contributed by atoms with Crippen LogP contribution in [0.2, 0.25) is 0 Å². The maximum absolute atomic E-state index is 13.1. The SMILES string of the molecule is Cc1ccc(Sc2c(C(=O)NCc3ccc4c(c3)OCO4)[nH]c3ccccc23)cc1. The molecule has 0 atom stereocenters. The standard InChI is InChI=1S/C24H20N2O3S/c1-15-6-9-17(10-7-15)30-23-18-4-2-3-5-19(18)26-22(23)24(27)25-13-16-8-11-20-21(12-16)29-14-28-20/h2-12,26H,13-14H2,1H3,(H,25,27). The van der Waals surface area contributed by atoms with Crippen molar-refractivity contribution in [2.75, 3.05) is 6.79 Å². The van der Waals surface area contributed by atoms with E-state index in [0.29, 0.717) is 18.0 Å². The topological polar surface area (TPSA) is 63.4 Å². The molecule has 1 aliphatic heterocycles. The monoisotopic (exact) mass is 416 g/mol. The van der Waals surface area contributed by atoms with Gasteiger partial charge in [-0.2, -0.15) is 0 Å². The third-order valence-electron chi connectivity index (χ3n) is 5.02. The molecule has 5 rings (SSSR count). The molecule has 0 radical (unpaired) electrons. The number of aryl methyl sites for hydroxylation is 1. The Morgan fingerprint density at radius 1 is 1.03 bits per heavy atom.